The molecule has 1 unspecified atom stereocenters. The zero-order chi connectivity index (χ0) is 14.5. The van der Waals surface area contributed by atoms with Crippen molar-refractivity contribution in [1.82, 2.24) is 5.32 Å². The highest BCUT2D eigenvalue weighted by Crippen LogP contribution is 2.24. The topological polar surface area (TPSA) is 12.0 Å². The number of likely N-dealkylation sites (N-methyl/N-ethyl adjacent to an activating group) is 1. The maximum absolute atomic E-state index is 13.9. The molecule has 0 heterocycles. The Labute approximate surface area is 122 Å². The predicted octanol–water partition coefficient (Wildman–Crippen LogP) is 4.51. The molecule has 1 N–H and O–H groups in total. The van der Waals surface area contributed by atoms with Crippen LogP contribution in [0.4, 0.5) is 8.78 Å². The molecule has 0 aromatic heterocycles. The monoisotopic (exact) mass is 295 g/mol. The second-order valence-corrected chi connectivity index (χ2v) is 5.01. The van der Waals surface area contributed by atoms with Crippen LogP contribution in [0.5, 0.6) is 0 Å². The normalized spacial score (nSPS) is 12.4. The van der Waals surface area contributed by atoms with Gasteiger partial charge in [-0.1, -0.05) is 36.7 Å². The van der Waals surface area contributed by atoms with Crippen molar-refractivity contribution in [3.63, 3.8) is 0 Å². The molecule has 2 rings (SSSR count). The highest BCUT2D eigenvalue weighted by molar-refractivity contribution is 6.30. The minimum Gasteiger partial charge on any atom is -0.310 e. The number of benzene rings is 2. The molecule has 0 aliphatic carbocycles. The first-order valence-corrected chi connectivity index (χ1v) is 6.91. The number of rotatable bonds is 5. The van der Waals surface area contributed by atoms with E-state index in [9.17, 15) is 8.78 Å². The molecule has 2 aromatic carbocycles. The van der Waals surface area contributed by atoms with Crippen LogP contribution in [0, 0.1) is 11.6 Å². The molecule has 0 saturated heterocycles. The lowest BCUT2D eigenvalue weighted by atomic mass is 9.98. The van der Waals surface area contributed by atoms with E-state index in [1.807, 2.05) is 19.1 Å². The van der Waals surface area contributed by atoms with Gasteiger partial charge < -0.3 is 5.32 Å². The molecule has 0 aliphatic heterocycles. The van der Waals surface area contributed by atoms with Crippen LogP contribution < -0.4 is 5.32 Å². The van der Waals surface area contributed by atoms with E-state index in [0.717, 1.165) is 5.56 Å². The van der Waals surface area contributed by atoms with E-state index in [0.29, 0.717) is 18.0 Å². The van der Waals surface area contributed by atoms with E-state index < -0.39 is 17.7 Å². The first-order chi connectivity index (χ1) is 9.61. The van der Waals surface area contributed by atoms with Gasteiger partial charge in [0.05, 0.1) is 0 Å². The molecule has 1 nitrogen and oxygen atoms in total. The Bertz CT molecular complexity index is 549. The quantitative estimate of drug-likeness (QED) is 0.855. The lowest BCUT2D eigenvalue weighted by Gasteiger charge is -2.19. The highest BCUT2D eigenvalue weighted by atomic mass is 35.5. The van der Waals surface area contributed by atoms with Crippen molar-refractivity contribution < 1.29 is 8.78 Å². The fourth-order valence-electron chi connectivity index (χ4n) is 2.22. The standard InChI is InChI=1S/C16H16ClF2N/c1-2-20-15(10-11-6-8-12(17)9-7-11)16-13(18)4-3-5-14(16)19/h3-9,15,20H,2,10H2,1H3. The van der Waals surface area contributed by atoms with Crippen LogP contribution in [0.15, 0.2) is 42.5 Å². The fraction of sp³-hybridized carbons (Fsp3) is 0.250. The summed E-state index contributed by atoms with van der Waals surface area (Å²) in [5.41, 5.74) is 1.06. The average Bonchev–Trinajstić information content (AvgIpc) is 2.41. The minimum atomic E-state index is -0.523. The summed E-state index contributed by atoms with van der Waals surface area (Å²) in [6.07, 6.45) is 0.503. The van der Waals surface area contributed by atoms with Gasteiger partial charge in [0.1, 0.15) is 11.6 Å². The lowest BCUT2D eigenvalue weighted by Crippen LogP contribution is -2.25. The van der Waals surface area contributed by atoms with Gasteiger partial charge in [0.2, 0.25) is 0 Å². The maximum Gasteiger partial charge on any atom is 0.130 e. The molecule has 1 atom stereocenters. The molecule has 0 radical (unpaired) electrons. The minimum absolute atomic E-state index is 0.0873. The van der Waals surface area contributed by atoms with Crippen molar-refractivity contribution in [3.8, 4) is 0 Å². The Morgan fingerprint density at radius 3 is 2.20 bits per heavy atom. The molecule has 0 bridgehead atoms. The summed E-state index contributed by atoms with van der Waals surface area (Å²) in [5.74, 6) is -1.05. The zero-order valence-corrected chi connectivity index (χ0v) is 11.9. The van der Waals surface area contributed by atoms with Gasteiger partial charge in [-0.15, -0.1) is 0 Å². The summed E-state index contributed by atoms with van der Waals surface area (Å²) in [7, 11) is 0. The van der Waals surface area contributed by atoms with Gasteiger partial charge in [-0.2, -0.15) is 0 Å². The van der Waals surface area contributed by atoms with Gasteiger partial charge in [-0.3, -0.25) is 0 Å². The van der Waals surface area contributed by atoms with Gasteiger partial charge in [0.25, 0.3) is 0 Å². The van der Waals surface area contributed by atoms with Gasteiger partial charge >= 0.3 is 0 Å². The van der Waals surface area contributed by atoms with Crippen LogP contribution in [0.3, 0.4) is 0 Å². The molecule has 0 saturated carbocycles. The van der Waals surface area contributed by atoms with Crippen molar-refractivity contribution in [2.75, 3.05) is 6.54 Å². The number of halogens is 3. The molecule has 4 heteroatoms. The SMILES string of the molecule is CCNC(Cc1ccc(Cl)cc1)c1c(F)cccc1F. The molecular formula is C16H16ClF2N. The van der Waals surface area contributed by atoms with Crippen molar-refractivity contribution in [2.24, 2.45) is 0 Å². The summed E-state index contributed by atoms with van der Waals surface area (Å²) in [4.78, 5) is 0. The number of hydrogen-bond donors (Lipinski definition) is 1. The highest BCUT2D eigenvalue weighted by Gasteiger charge is 2.19. The maximum atomic E-state index is 13.9. The summed E-state index contributed by atoms with van der Waals surface area (Å²) in [6, 6.07) is 10.8. The zero-order valence-electron chi connectivity index (χ0n) is 11.2. The van der Waals surface area contributed by atoms with Crippen molar-refractivity contribution in [3.05, 3.63) is 70.2 Å². The third-order valence-corrected chi connectivity index (χ3v) is 3.40. The smallest absolute Gasteiger partial charge is 0.130 e. The summed E-state index contributed by atoms with van der Waals surface area (Å²) in [6.45, 7) is 2.54. The average molecular weight is 296 g/mol. The molecule has 20 heavy (non-hydrogen) atoms. The number of nitrogens with one attached hydrogen (secondary N) is 1. The third kappa shape index (κ3) is 3.56. The summed E-state index contributed by atoms with van der Waals surface area (Å²) >= 11 is 5.84. The predicted molar refractivity (Wildman–Crippen MR) is 77.9 cm³/mol. The van der Waals surface area contributed by atoms with Crippen LogP contribution in [0.25, 0.3) is 0 Å². The summed E-state index contributed by atoms with van der Waals surface area (Å²) in [5, 5.41) is 3.77. The second-order valence-electron chi connectivity index (χ2n) is 4.58. The van der Waals surface area contributed by atoms with E-state index in [2.05, 4.69) is 5.32 Å². The van der Waals surface area contributed by atoms with E-state index in [1.54, 1.807) is 12.1 Å². The molecule has 0 amide bonds. The van der Waals surface area contributed by atoms with Crippen molar-refractivity contribution in [2.45, 2.75) is 19.4 Å². The van der Waals surface area contributed by atoms with E-state index >= 15 is 0 Å². The third-order valence-electron chi connectivity index (χ3n) is 3.15. The first-order valence-electron chi connectivity index (χ1n) is 6.53. The molecule has 106 valence electrons. The van der Waals surface area contributed by atoms with Crippen molar-refractivity contribution in [1.29, 1.82) is 0 Å². The fourth-order valence-corrected chi connectivity index (χ4v) is 2.35. The molecule has 0 fully saturated rings. The Morgan fingerprint density at radius 1 is 1.05 bits per heavy atom. The lowest BCUT2D eigenvalue weighted by molar-refractivity contribution is 0.473. The Morgan fingerprint density at radius 2 is 1.65 bits per heavy atom. The molecule has 0 aliphatic rings. The first kappa shape index (κ1) is 14.9. The molecule has 2 aromatic rings. The van der Waals surface area contributed by atoms with Crippen LogP contribution in [-0.2, 0) is 6.42 Å². The second kappa shape index (κ2) is 6.82. The van der Waals surface area contributed by atoms with E-state index in [-0.39, 0.29) is 5.56 Å². The van der Waals surface area contributed by atoms with Gasteiger partial charge in [0, 0.05) is 16.6 Å². The molecule has 0 spiro atoms. The van der Waals surface area contributed by atoms with Gasteiger partial charge in [0.15, 0.2) is 0 Å². The Kier molecular flexibility index (Phi) is 5.10. The van der Waals surface area contributed by atoms with E-state index in [4.69, 9.17) is 11.6 Å². The van der Waals surface area contributed by atoms with Gasteiger partial charge in [-0.05, 0) is 42.8 Å². The molecular weight excluding hydrogens is 280 g/mol. The summed E-state index contributed by atoms with van der Waals surface area (Å²) < 4.78 is 27.8. The van der Waals surface area contributed by atoms with Crippen LogP contribution in [-0.4, -0.2) is 6.54 Å². The van der Waals surface area contributed by atoms with E-state index in [1.165, 1.54) is 18.2 Å². The van der Waals surface area contributed by atoms with Crippen molar-refractivity contribution >= 4 is 11.6 Å². The van der Waals surface area contributed by atoms with Crippen LogP contribution in [0.1, 0.15) is 24.1 Å². The van der Waals surface area contributed by atoms with Crippen LogP contribution in [0.2, 0.25) is 5.02 Å². The van der Waals surface area contributed by atoms with Gasteiger partial charge in [-0.25, -0.2) is 8.78 Å². The van der Waals surface area contributed by atoms with Crippen LogP contribution >= 0.6 is 11.6 Å². The Balaban J connectivity index is 2.29. The largest absolute Gasteiger partial charge is 0.310 e. The number of hydrogen-bond acceptors (Lipinski definition) is 1. The Hall–Kier alpha value is -1.45.